The largest absolute Gasteiger partial charge is 0.325 e. The molecule has 0 bridgehead atoms. The van der Waals surface area contributed by atoms with Crippen LogP contribution in [0.1, 0.15) is 13.8 Å². The average Bonchev–Trinajstić information content (AvgIpc) is 2.40. The van der Waals surface area contributed by atoms with E-state index in [2.05, 4.69) is 15.9 Å². The predicted octanol–water partition coefficient (Wildman–Crippen LogP) is 0.748. The molecule has 2 amide bonds. The van der Waals surface area contributed by atoms with E-state index in [0.29, 0.717) is 39.3 Å². The van der Waals surface area contributed by atoms with Gasteiger partial charge in [-0.25, -0.2) is 13.2 Å². The Hall–Kier alpha value is -0.340. The van der Waals surface area contributed by atoms with E-state index < -0.39 is 10.0 Å². The molecule has 0 aromatic carbocycles. The minimum atomic E-state index is -3.20. The van der Waals surface area contributed by atoms with Crippen molar-refractivity contribution in [2.45, 2.75) is 13.8 Å². The number of piperazine rings is 1. The van der Waals surface area contributed by atoms with Gasteiger partial charge in [0.25, 0.3) is 0 Å². The first-order valence-corrected chi connectivity index (χ1v) is 8.77. The van der Waals surface area contributed by atoms with E-state index >= 15 is 0 Å². The van der Waals surface area contributed by atoms with E-state index in [1.54, 1.807) is 9.80 Å². The second-order valence-electron chi connectivity index (χ2n) is 4.06. The molecule has 1 aliphatic heterocycles. The maximum atomic E-state index is 12.1. The van der Waals surface area contributed by atoms with Crippen LogP contribution in [0, 0.1) is 0 Å². The molecule has 0 aliphatic carbocycles. The number of carbonyl (C=O) groups excluding carboxylic acids is 1. The van der Waals surface area contributed by atoms with Crippen LogP contribution in [-0.4, -0.2) is 72.5 Å². The number of rotatable bonds is 4. The summed E-state index contributed by atoms with van der Waals surface area (Å²) in [6.45, 7) is 6.90. The van der Waals surface area contributed by atoms with E-state index in [1.165, 1.54) is 4.31 Å². The zero-order valence-corrected chi connectivity index (χ0v) is 13.2. The summed E-state index contributed by atoms with van der Waals surface area (Å²) in [7, 11) is -3.20. The smallest absolute Gasteiger partial charge is 0.320 e. The SMILES string of the molecule is CCN(CC)C(=O)N1CCN(S(=O)(=O)CBr)CC1. The lowest BCUT2D eigenvalue weighted by Gasteiger charge is -2.36. The normalized spacial score (nSPS) is 17.8. The maximum absolute atomic E-state index is 12.1. The number of carbonyl (C=O) groups is 1. The first kappa shape index (κ1) is 15.7. The lowest BCUT2D eigenvalue weighted by Crippen LogP contribution is -2.54. The number of nitrogens with zero attached hydrogens (tertiary/aromatic N) is 3. The Kier molecular flexibility index (Phi) is 5.87. The summed E-state index contributed by atoms with van der Waals surface area (Å²) < 4.78 is 24.6. The third kappa shape index (κ3) is 3.58. The molecule has 0 aromatic heterocycles. The van der Waals surface area contributed by atoms with Crippen LogP contribution in [0.25, 0.3) is 0 Å². The van der Waals surface area contributed by atoms with Gasteiger partial charge in [0, 0.05) is 39.3 Å². The van der Waals surface area contributed by atoms with Crippen molar-refractivity contribution in [3.8, 4) is 0 Å². The molecular formula is C10H20BrN3O3S. The molecule has 8 heteroatoms. The third-order valence-corrected chi connectivity index (χ3v) is 6.24. The van der Waals surface area contributed by atoms with Gasteiger partial charge in [-0.3, -0.25) is 0 Å². The van der Waals surface area contributed by atoms with Crippen molar-refractivity contribution < 1.29 is 13.2 Å². The first-order chi connectivity index (χ1) is 8.46. The minimum absolute atomic E-state index is 0.00381. The van der Waals surface area contributed by atoms with Crippen molar-refractivity contribution >= 4 is 32.0 Å². The summed E-state index contributed by atoms with van der Waals surface area (Å²) in [5.41, 5.74) is 0. The van der Waals surface area contributed by atoms with Crippen molar-refractivity contribution in [1.29, 1.82) is 0 Å². The van der Waals surface area contributed by atoms with Crippen LogP contribution in [0.2, 0.25) is 0 Å². The molecule has 1 aliphatic rings. The van der Waals surface area contributed by atoms with Crippen molar-refractivity contribution in [2.24, 2.45) is 0 Å². The van der Waals surface area contributed by atoms with Gasteiger partial charge in [-0.15, -0.1) is 0 Å². The second-order valence-corrected chi connectivity index (χ2v) is 7.33. The number of amides is 2. The lowest BCUT2D eigenvalue weighted by molar-refractivity contribution is 0.138. The summed E-state index contributed by atoms with van der Waals surface area (Å²) in [5.74, 6) is 0. The third-order valence-electron chi connectivity index (χ3n) is 3.07. The lowest BCUT2D eigenvalue weighted by atomic mass is 10.4. The maximum Gasteiger partial charge on any atom is 0.320 e. The number of sulfonamides is 1. The zero-order chi connectivity index (χ0) is 13.8. The van der Waals surface area contributed by atoms with Gasteiger partial charge >= 0.3 is 6.03 Å². The molecule has 0 N–H and O–H groups in total. The molecule has 0 unspecified atom stereocenters. The van der Waals surface area contributed by atoms with Gasteiger partial charge < -0.3 is 9.80 Å². The molecule has 1 rings (SSSR count). The Labute approximate surface area is 117 Å². The summed E-state index contributed by atoms with van der Waals surface area (Å²) in [5, 5.41) is 0. The van der Waals surface area contributed by atoms with Gasteiger partial charge in [0.05, 0.1) is 0 Å². The monoisotopic (exact) mass is 341 g/mol. The zero-order valence-electron chi connectivity index (χ0n) is 10.8. The highest BCUT2D eigenvalue weighted by atomic mass is 79.9. The van der Waals surface area contributed by atoms with Gasteiger partial charge in [-0.2, -0.15) is 4.31 Å². The standard InChI is InChI=1S/C10H20BrN3O3S/c1-3-12(4-2)10(15)13-5-7-14(8-6-13)18(16,17)9-11/h3-9H2,1-2H3. The van der Waals surface area contributed by atoms with Crippen LogP contribution in [0.15, 0.2) is 0 Å². The van der Waals surface area contributed by atoms with E-state index in [9.17, 15) is 13.2 Å². The summed E-state index contributed by atoms with van der Waals surface area (Å²) in [6, 6.07) is -0.00381. The van der Waals surface area contributed by atoms with Crippen molar-refractivity contribution in [2.75, 3.05) is 43.9 Å². The number of halogens is 1. The Morgan fingerprint density at radius 1 is 1.17 bits per heavy atom. The highest BCUT2D eigenvalue weighted by molar-refractivity contribution is 9.10. The van der Waals surface area contributed by atoms with Gasteiger partial charge in [-0.05, 0) is 13.8 Å². The Balaban J connectivity index is 2.57. The minimum Gasteiger partial charge on any atom is -0.325 e. The second kappa shape index (κ2) is 6.72. The van der Waals surface area contributed by atoms with E-state index in [0.717, 1.165) is 0 Å². The summed E-state index contributed by atoms with van der Waals surface area (Å²) in [4.78, 5) is 15.5. The average molecular weight is 342 g/mol. The number of hydrogen-bond acceptors (Lipinski definition) is 3. The van der Waals surface area contributed by atoms with E-state index in [-0.39, 0.29) is 10.7 Å². The van der Waals surface area contributed by atoms with Crippen LogP contribution in [0.5, 0.6) is 0 Å². The van der Waals surface area contributed by atoms with Crippen LogP contribution >= 0.6 is 15.9 Å². The first-order valence-electron chi connectivity index (χ1n) is 6.03. The Morgan fingerprint density at radius 2 is 1.67 bits per heavy atom. The quantitative estimate of drug-likeness (QED) is 0.709. The van der Waals surface area contributed by atoms with Crippen molar-refractivity contribution in [3.63, 3.8) is 0 Å². The summed E-state index contributed by atoms with van der Waals surface area (Å²) in [6.07, 6.45) is 0. The fourth-order valence-electron chi connectivity index (χ4n) is 1.92. The molecule has 1 fully saturated rings. The van der Waals surface area contributed by atoms with Crippen molar-refractivity contribution in [1.82, 2.24) is 14.1 Å². The Morgan fingerprint density at radius 3 is 2.06 bits per heavy atom. The van der Waals surface area contributed by atoms with Crippen LogP contribution in [-0.2, 0) is 10.0 Å². The molecule has 106 valence electrons. The molecule has 1 heterocycles. The van der Waals surface area contributed by atoms with Crippen LogP contribution in [0.4, 0.5) is 4.79 Å². The molecular weight excluding hydrogens is 322 g/mol. The molecule has 1 saturated heterocycles. The summed E-state index contributed by atoms with van der Waals surface area (Å²) >= 11 is 2.98. The van der Waals surface area contributed by atoms with Crippen LogP contribution < -0.4 is 0 Å². The van der Waals surface area contributed by atoms with Crippen molar-refractivity contribution in [3.05, 3.63) is 0 Å². The fraction of sp³-hybridized carbons (Fsp3) is 0.900. The number of alkyl halides is 1. The highest BCUT2D eigenvalue weighted by Crippen LogP contribution is 2.11. The van der Waals surface area contributed by atoms with Gasteiger partial charge in [0.1, 0.15) is 4.66 Å². The highest BCUT2D eigenvalue weighted by Gasteiger charge is 2.29. The predicted molar refractivity (Wildman–Crippen MR) is 74.2 cm³/mol. The van der Waals surface area contributed by atoms with E-state index in [1.807, 2.05) is 13.8 Å². The van der Waals surface area contributed by atoms with E-state index in [4.69, 9.17) is 0 Å². The molecule has 0 aromatic rings. The molecule has 0 saturated carbocycles. The number of hydrogen-bond donors (Lipinski definition) is 0. The number of urea groups is 1. The molecule has 18 heavy (non-hydrogen) atoms. The topological polar surface area (TPSA) is 60.9 Å². The van der Waals surface area contributed by atoms with Gasteiger partial charge in [0.2, 0.25) is 10.0 Å². The van der Waals surface area contributed by atoms with Crippen LogP contribution in [0.3, 0.4) is 0 Å². The Bertz CT molecular complexity index is 376. The fourth-order valence-corrected chi connectivity index (χ4v) is 3.65. The molecule has 0 spiro atoms. The molecule has 0 atom stereocenters. The van der Waals surface area contributed by atoms with Gasteiger partial charge in [0.15, 0.2) is 0 Å². The molecule has 0 radical (unpaired) electrons. The van der Waals surface area contributed by atoms with Gasteiger partial charge in [-0.1, -0.05) is 15.9 Å². The molecule has 6 nitrogen and oxygen atoms in total.